The Morgan fingerprint density at radius 2 is 2.05 bits per heavy atom. The van der Waals surface area contributed by atoms with Crippen LogP contribution in [0.4, 0.5) is 0 Å². The van der Waals surface area contributed by atoms with Gasteiger partial charge in [0, 0.05) is 24.6 Å². The minimum absolute atomic E-state index is 0.0892. The highest BCUT2D eigenvalue weighted by Gasteiger charge is 2.08. The summed E-state index contributed by atoms with van der Waals surface area (Å²) in [4.78, 5) is 2.11. The zero-order chi connectivity index (χ0) is 15.5. The molecule has 0 radical (unpaired) electrons. The van der Waals surface area contributed by atoms with E-state index in [1.165, 1.54) is 0 Å². The first-order valence-corrected chi connectivity index (χ1v) is 7.07. The molecule has 0 aliphatic carbocycles. The number of ether oxygens (including phenoxy) is 1. The molecule has 1 aromatic carbocycles. The molecular weight excluding hydrogens is 264 g/mol. The van der Waals surface area contributed by atoms with Gasteiger partial charge in [0.25, 0.3) is 0 Å². The fourth-order valence-corrected chi connectivity index (χ4v) is 1.67. The Bertz CT molecular complexity index is 508. The molecule has 0 saturated heterocycles. The molecule has 1 aromatic rings. The average molecular weight is 286 g/mol. The van der Waals surface area contributed by atoms with Crippen molar-refractivity contribution in [1.82, 2.24) is 4.90 Å². The zero-order valence-corrected chi connectivity index (χ0v) is 12.7. The Hall–Kier alpha value is -2.01. The third-order valence-corrected chi connectivity index (χ3v) is 3.18. The predicted molar refractivity (Wildman–Crippen MR) is 82.8 cm³/mol. The molecule has 0 heterocycles. The second-order valence-electron chi connectivity index (χ2n) is 4.84. The van der Waals surface area contributed by atoms with E-state index in [0.717, 1.165) is 17.9 Å². The van der Waals surface area contributed by atoms with Crippen LogP contribution < -0.4 is 4.74 Å². The van der Waals surface area contributed by atoms with Crippen LogP contribution in [0.5, 0.6) is 5.75 Å². The minimum Gasteiger partial charge on any atom is -0.492 e. The number of nitrogens with zero attached hydrogens (tertiary/aromatic N) is 2. The molecular formula is C17H22N2O2. The van der Waals surface area contributed by atoms with Crippen molar-refractivity contribution in [3.63, 3.8) is 0 Å². The van der Waals surface area contributed by atoms with Crippen molar-refractivity contribution in [3.05, 3.63) is 29.8 Å². The molecule has 0 aromatic heterocycles. The van der Waals surface area contributed by atoms with Crippen LogP contribution in [-0.2, 0) is 0 Å². The molecule has 4 nitrogen and oxygen atoms in total. The molecule has 0 amide bonds. The van der Waals surface area contributed by atoms with Gasteiger partial charge >= 0.3 is 0 Å². The second kappa shape index (κ2) is 9.83. The Balaban J connectivity index is 2.37. The Labute approximate surface area is 127 Å². The molecule has 0 fully saturated rings. The van der Waals surface area contributed by atoms with Crippen LogP contribution in [0.3, 0.4) is 0 Å². The van der Waals surface area contributed by atoms with E-state index >= 15 is 0 Å². The highest BCUT2D eigenvalue weighted by Crippen LogP contribution is 2.11. The standard InChI is InChI=1S/C17H22N2O2/c1-15(10-11-18)19(2)12-14-21-17-8-6-16(7-9-17)5-3-4-13-20/h6-9,15,20H,4,10,12-14H2,1-2H3. The summed E-state index contributed by atoms with van der Waals surface area (Å²) in [5.41, 5.74) is 0.913. The summed E-state index contributed by atoms with van der Waals surface area (Å²) >= 11 is 0. The Kier molecular flexibility index (Phi) is 7.97. The third-order valence-electron chi connectivity index (χ3n) is 3.18. The van der Waals surface area contributed by atoms with Crippen molar-refractivity contribution in [3.8, 4) is 23.7 Å². The smallest absolute Gasteiger partial charge is 0.119 e. The first-order chi connectivity index (χ1) is 10.2. The van der Waals surface area contributed by atoms with E-state index in [0.29, 0.717) is 19.4 Å². The van der Waals surface area contributed by atoms with E-state index in [-0.39, 0.29) is 12.6 Å². The summed E-state index contributed by atoms with van der Waals surface area (Å²) in [6.45, 7) is 3.48. The number of hydrogen-bond donors (Lipinski definition) is 1. The number of aliphatic hydroxyl groups is 1. The summed E-state index contributed by atoms with van der Waals surface area (Å²) in [6, 6.07) is 10.0. The largest absolute Gasteiger partial charge is 0.492 e. The number of likely N-dealkylation sites (N-methyl/N-ethyl adjacent to an activating group) is 1. The number of nitriles is 1. The van der Waals surface area contributed by atoms with Crippen molar-refractivity contribution in [1.29, 1.82) is 5.26 Å². The molecule has 4 heteroatoms. The van der Waals surface area contributed by atoms with Gasteiger partial charge in [-0.1, -0.05) is 11.8 Å². The molecule has 1 unspecified atom stereocenters. The summed E-state index contributed by atoms with van der Waals surface area (Å²) in [7, 11) is 1.99. The molecule has 21 heavy (non-hydrogen) atoms. The fourth-order valence-electron chi connectivity index (χ4n) is 1.67. The molecule has 0 saturated carbocycles. The normalized spacial score (nSPS) is 11.4. The van der Waals surface area contributed by atoms with Crippen LogP contribution in [0.1, 0.15) is 25.3 Å². The molecule has 1 rings (SSSR count). The van der Waals surface area contributed by atoms with E-state index in [2.05, 4.69) is 22.8 Å². The maximum atomic E-state index is 8.66. The van der Waals surface area contributed by atoms with Crippen molar-refractivity contribution >= 4 is 0 Å². The average Bonchev–Trinajstić information content (AvgIpc) is 2.49. The van der Waals surface area contributed by atoms with Crippen LogP contribution in [0.25, 0.3) is 0 Å². The number of aliphatic hydroxyl groups excluding tert-OH is 1. The molecule has 0 spiro atoms. The number of benzene rings is 1. The van der Waals surface area contributed by atoms with Gasteiger partial charge in [0.1, 0.15) is 12.4 Å². The lowest BCUT2D eigenvalue weighted by Gasteiger charge is -2.22. The van der Waals surface area contributed by atoms with Crippen LogP contribution in [0, 0.1) is 23.2 Å². The number of hydrogen-bond acceptors (Lipinski definition) is 4. The fraction of sp³-hybridized carbons (Fsp3) is 0.471. The minimum atomic E-state index is 0.0892. The monoisotopic (exact) mass is 286 g/mol. The van der Waals surface area contributed by atoms with Gasteiger partial charge in [-0.15, -0.1) is 0 Å². The van der Waals surface area contributed by atoms with E-state index in [1.54, 1.807) is 0 Å². The highest BCUT2D eigenvalue weighted by molar-refractivity contribution is 5.38. The van der Waals surface area contributed by atoms with Crippen LogP contribution in [0.15, 0.2) is 24.3 Å². The third kappa shape index (κ3) is 6.81. The highest BCUT2D eigenvalue weighted by atomic mass is 16.5. The van der Waals surface area contributed by atoms with Crippen LogP contribution >= 0.6 is 0 Å². The SMILES string of the molecule is CC(CC#N)N(C)CCOc1ccc(C#CCCO)cc1. The lowest BCUT2D eigenvalue weighted by molar-refractivity contribution is 0.201. The maximum Gasteiger partial charge on any atom is 0.119 e. The topological polar surface area (TPSA) is 56.5 Å². The summed E-state index contributed by atoms with van der Waals surface area (Å²) < 4.78 is 5.67. The zero-order valence-electron chi connectivity index (χ0n) is 12.7. The van der Waals surface area contributed by atoms with Gasteiger partial charge in [-0.25, -0.2) is 0 Å². The van der Waals surface area contributed by atoms with Crippen molar-refractivity contribution in [2.24, 2.45) is 0 Å². The lowest BCUT2D eigenvalue weighted by atomic mass is 10.2. The molecule has 1 atom stereocenters. The molecule has 0 bridgehead atoms. The molecule has 112 valence electrons. The van der Waals surface area contributed by atoms with Crippen molar-refractivity contribution in [2.75, 3.05) is 26.8 Å². The summed E-state index contributed by atoms with van der Waals surface area (Å²) in [6.07, 6.45) is 1.02. The van der Waals surface area contributed by atoms with Gasteiger partial charge in [-0.3, -0.25) is 4.90 Å². The van der Waals surface area contributed by atoms with E-state index < -0.39 is 0 Å². The van der Waals surface area contributed by atoms with Crippen LogP contribution in [0.2, 0.25) is 0 Å². The van der Waals surface area contributed by atoms with E-state index in [4.69, 9.17) is 15.1 Å². The first kappa shape index (κ1) is 17.0. The van der Waals surface area contributed by atoms with Gasteiger partial charge in [-0.05, 0) is 38.2 Å². The molecule has 1 N–H and O–H groups in total. The summed E-state index contributed by atoms with van der Waals surface area (Å²) in [5, 5.41) is 17.3. The maximum absolute atomic E-state index is 8.66. The first-order valence-electron chi connectivity index (χ1n) is 7.07. The quantitative estimate of drug-likeness (QED) is 0.779. The van der Waals surface area contributed by atoms with E-state index in [1.807, 2.05) is 38.2 Å². The van der Waals surface area contributed by atoms with Gasteiger partial charge in [0.05, 0.1) is 19.1 Å². The second-order valence-corrected chi connectivity index (χ2v) is 4.84. The summed E-state index contributed by atoms with van der Waals surface area (Å²) in [5.74, 6) is 6.66. The van der Waals surface area contributed by atoms with Gasteiger partial charge in [0.15, 0.2) is 0 Å². The number of rotatable bonds is 7. The predicted octanol–water partition coefficient (Wildman–Crippen LogP) is 2.03. The lowest BCUT2D eigenvalue weighted by Crippen LogP contribution is -2.32. The van der Waals surface area contributed by atoms with Gasteiger partial charge in [0.2, 0.25) is 0 Å². The molecule has 0 aliphatic heterocycles. The van der Waals surface area contributed by atoms with Gasteiger partial charge < -0.3 is 9.84 Å². The van der Waals surface area contributed by atoms with Crippen molar-refractivity contribution < 1.29 is 9.84 Å². The Morgan fingerprint density at radius 1 is 1.33 bits per heavy atom. The van der Waals surface area contributed by atoms with E-state index in [9.17, 15) is 0 Å². The Morgan fingerprint density at radius 3 is 2.67 bits per heavy atom. The molecule has 0 aliphatic rings. The van der Waals surface area contributed by atoms with Crippen LogP contribution in [-0.4, -0.2) is 42.9 Å². The van der Waals surface area contributed by atoms with Gasteiger partial charge in [-0.2, -0.15) is 5.26 Å². The van der Waals surface area contributed by atoms with Crippen molar-refractivity contribution in [2.45, 2.75) is 25.8 Å².